The Labute approximate surface area is 138 Å². The van der Waals surface area contributed by atoms with E-state index in [0.29, 0.717) is 11.3 Å². The predicted molar refractivity (Wildman–Crippen MR) is 90.1 cm³/mol. The first kappa shape index (κ1) is 18.7. The molecule has 0 unspecified atom stereocenters. The van der Waals surface area contributed by atoms with Crippen LogP contribution in [0.5, 0.6) is 0 Å². The van der Waals surface area contributed by atoms with Crippen LogP contribution < -0.4 is 10.6 Å². The third kappa shape index (κ3) is 4.11. The molecule has 5 nitrogen and oxygen atoms in total. The average Bonchev–Trinajstić information content (AvgIpc) is 2.77. The van der Waals surface area contributed by atoms with Gasteiger partial charge in [0.2, 0.25) is 0 Å². The summed E-state index contributed by atoms with van der Waals surface area (Å²) in [7, 11) is 0. The molecule has 6 heteroatoms. The fourth-order valence-corrected chi connectivity index (χ4v) is 3.08. The number of amides is 1. The van der Waals surface area contributed by atoms with Crippen LogP contribution >= 0.6 is 12.4 Å². The largest absolute Gasteiger partial charge is 0.354 e. The van der Waals surface area contributed by atoms with Gasteiger partial charge in [-0.05, 0) is 45.2 Å². The molecule has 0 aromatic carbocycles. The summed E-state index contributed by atoms with van der Waals surface area (Å²) in [5.41, 5.74) is 2.90. The number of hydrogen-bond acceptors (Lipinski definition) is 3. The zero-order valence-electron chi connectivity index (χ0n) is 13.5. The molecule has 1 atom stereocenters. The van der Waals surface area contributed by atoms with Crippen molar-refractivity contribution in [1.82, 2.24) is 15.6 Å². The number of hydrogen-bond donors (Lipinski definition) is 3. The number of ketones is 1. The van der Waals surface area contributed by atoms with E-state index in [2.05, 4.69) is 22.5 Å². The lowest BCUT2D eigenvalue weighted by atomic mass is 10.0. The SMILES string of the molecule is CCCc1c(C(=O)N[C@H]2CCCNC2)[nH]c(C)c1C(C)=O.Cl. The van der Waals surface area contributed by atoms with Gasteiger partial charge in [0.1, 0.15) is 5.69 Å². The Kier molecular flexibility index (Phi) is 7.10. The Bertz CT molecular complexity index is 534. The van der Waals surface area contributed by atoms with E-state index >= 15 is 0 Å². The minimum Gasteiger partial charge on any atom is -0.354 e. The smallest absolute Gasteiger partial charge is 0.268 e. The summed E-state index contributed by atoms with van der Waals surface area (Å²) >= 11 is 0. The Morgan fingerprint density at radius 1 is 1.36 bits per heavy atom. The van der Waals surface area contributed by atoms with Crippen LogP contribution in [0.3, 0.4) is 0 Å². The van der Waals surface area contributed by atoms with Crippen molar-refractivity contribution >= 4 is 24.1 Å². The number of halogens is 1. The molecule has 2 heterocycles. The van der Waals surface area contributed by atoms with Crippen molar-refractivity contribution < 1.29 is 9.59 Å². The number of aromatic amines is 1. The minimum absolute atomic E-state index is 0. The molecule has 0 radical (unpaired) electrons. The molecule has 1 amide bonds. The third-order valence-electron chi connectivity index (χ3n) is 4.00. The van der Waals surface area contributed by atoms with Gasteiger partial charge in [-0.3, -0.25) is 9.59 Å². The Morgan fingerprint density at radius 3 is 2.64 bits per heavy atom. The van der Waals surface area contributed by atoms with Crippen LogP contribution in [0.4, 0.5) is 0 Å². The summed E-state index contributed by atoms with van der Waals surface area (Å²) < 4.78 is 0. The van der Waals surface area contributed by atoms with E-state index in [1.165, 1.54) is 0 Å². The highest BCUT2D eigenvalue weighted by Crippen LogP contribution is 2.21. The summed E-state index contributed by atoms with van der Waals surface area (Å²) in [5.74, 6) is -0.0756. The van der Waals surface area contributed by atoms with Crippen molar-refractivity contribution in [2.75, 3.05) is 13.1 Å². The van der Waals surface area contributed by atoms with Gasteiger partial charge in [0.15, 0.2) is 5.78 Å². The monoisotopic (exact) mass is 327 g/mol. The van der Waals surface area contributed by atoms with Gasteiger partial charge in [-0.25, -0.2) is 0 Å². The molecule has 1 fully saturated rings. The van der Waals surface area contributed by atoms with E-state index < -0.39 is 0 Å². The topological polar surface area (TPSA) is 74.0 Å². The fourth-order valence-electron chi connectivity index (χ4n) is 3.08. The van der Waals surface area contributed by atoms with Crippen LogP contribution in [-0.2, 0) is 6.42 Å². The third-order valence-corrected chi connectivity index (χ3v) is 4.00. The molecule has 22 heavy (non-hydrogen) atoms. The van der Waals surface area contributed by atoms with Crippen LogP contribution in [0.15, 0.2) is 0 Å². The summed E-state index contributed by atoms with van der Waals surface area (Å²) in [5, 5.41) is 6.36. The second kappa shape index (κ2) is 8.34. The van der Waals surface area contributed by atoms with E-state index in [1.807, 2.05) is 6.92 Å². The maximum absolute atomic E-state index is 12.5. The zero-order chi connectivity index (χ0) is 15.4. The van der Waals surface area contributed by atoms with E-state index in [-0.39, 0.29) is 30.1 Å². The molecule has 1 aromatic rings. The zero-order valence-corrected chi connectivity index (χ0v) is 14.4. The molecule has 0 bridgehead atoms. The molecule has 0 aliphatic carbocycles. The second-order valence-electron chi connectivity index (χ2n) is 5.80. The lowest BCUT2D eigenvalue weighted by Crippen LogP contribution is -2.45. The van der Waals surface area contributed by atoms with E-state index in [9.17, 15) is 9.59 Å². The van der Waals surface area contributed by atoms with Crippen molar-refractivity contribution in [3.63, 3.8) is 0 Å². The average molecular weight is 328 g/mol. The number of Topliss-reactive ketones (excluding diaryl/α,β-unsaturated/α-hetero) is 1. The van der Waals surface area contributed by atoms with Crippen molar-refractivity contribution in [2.24, 2.45) is 0 Å². The van der Waals surface area contributed by atoms with Gasteiger partial charge in [0, 0.05) is 23.8 Å². The van der Waals surface area contributed by atoms with Crippen LogP contribution in [0.1, 0.15) is 65.2 Å². The summed E-state index contributed by atoms with van der Waals surface area (Å²) in [6.07, 6.45) is 3.73. The lowest BCUT2D eigenvalue weighted by Gasteiger charge is -2.23. The molecular weight excluding hydrogens is 302 g/mol. The van der Waals surface area contributed by atoms with Crippen molar-refractivity contribution in [3.8, 4) is 0 Å². The molecule has 124 valence electrons. The fraction of sp³-hybridized carbons (Fsp3) is 0.625. The van der Waals surface area contributed by atoms with Crippen molar-refractivity contribution in [2.45, 2.75) is 52.5 Å². The second-order valence-corrected chi connectivity index (χ2v) is 5.80. The summed E-state index contributed by atoms with van der Waals surface area (Å²) in [6.45, 7) is 7.30. The lowest BCUT2D eigenvalue weighted by molar-refractivity contribution is 0.0925. The number of aromatic nitrogens is 1. The van der Waals surface area contributed by atoms with Crippen molar-refractivity contribution in [3.05, 3.63) is 22.5 Å². The first-order valence-electron chi connectivity index (χ1n) is 7.78. The number of rotatable bonds is 5. The summed E-state index contributed by atoms with van der Waals surface area (Å²) in [4.78, 5) is 27.5. The van der Waals surface area contributed by atoms with Crippen LogP contribution in [0, 0.1) is 6.92 Å². The molecule has 1 saturated heterocycles. The number of carbonyl (C=O) groups is 2. The number of piperidine rings is 1. The molecule has 2 rings (SSSR count). The van der Waals surface area contributed by atoms with Crippen LogP contribution in [-0.4, -0.2) is 35.8 Å². The van der Waals surface area contributed by atoms with Gasteiger partial charge in [-0.2, -0.15) is 0 Å². The Morgan fingerprint density at radius 2 is 2.09 bits per heavy atom. The molecule has 1 aliphatic rings. The highest BCUT2D eigenvalue weighted by atomic mass is 35.5. The molecule has 0 spiro atoms. The Balaban J connectivity index is 0.00000242. The quantitative estimate of drug-likeness (QED) is 0.727. The maximum atomic E-state index is 12.5. The van der Waals surface area contributed by atoms with Gasteiger partial charge in [-0.15, -0.1) is 12.4 Å². The summed E-state index contributed by atoms with van der Waals surface area (Å²) in [6, 6.07) is 0.171. The Hall–Kier alpha value is -1.33. The van der Waals surface area contributed by atoms with Gasteiger partial charge in [-0.1, -0.05) is 13.3 Å². The standard InChI is InChI=1S/C16H25N3O2.ClH/c1-4-6-13-14(11(3)20)10(2)18-15(13)16(21)19-12-7-5-8-17-9-12;/h12,17-18H,4-9H2,1-3H3,(H,19,21);1H/t12-;/m0./s1. The van der Waals surface area contributed by atoms with Gasteiger partial charge in [0.25, 0.3) is 5.91 Å². The van der Waals surface area contributed by atoms with Gasteiger partial charge in [0.05, 0.1) is 0 Å². The minimum atomic E-state index is -0.0947. The highest BCUT2D eigenvalue weighted by molar-refractivity contribution is 6.02. The molecule has 0 saturated carbocycles. The number of nitrogens with one attached hydrogen (secondary N) is 3. The highest BCUT2D eigenvalue weighted by Gasteiger charge is 2.24. The number of aryl methyl sites for hydroxylation is 1. The molecular formula is C16H26ClN3O2. The first-order valence-corrected chi connectivity index (χ1v) is 7.78. The van der Waals surface area contributed by atoms with Crippen LogP contribution in [0.25, 0.3) is 0 Å². The molecule has 3 N–H and O–H groups in total. The van der Waals surface area contributed by atoms with Gasteiger partial charge >= 0.3 is 0 Å². The normalized spacial score (nSPS) is 17.7. The maximum Gasteiger partial charge on any atom is 0.268 e. The predicted octanol–water partition coefficient (Wildman–Crippen LogP) is 2.38. The van der Waals surface area contributed by atoms with E-state index in [0.717, 1.165) is 50.0 Å². The molecule has 1 aliphatic heterocycles. The van der Waals surface area contributed by atoms with Gasteiger partial charge < -0.3 is 15.6 Å². The first-order chi connectivity index (χ1) is 10.0. The number of H-pyrrole nitrogens is 1. The van der Waals surface area contributed by atoms with Crippen molar-refractivity contribution in [1.29, 1.82) is 0 Å². The van der Waals surface area contributed by atoms with E-state index in [1.54, 1.807) is 6.92 Å². The van der Waals surface area contributed by atoms with Crippen LogP contribution in [0.2, 0.25) is 0 Å². The number of carbonyl (C=O) groups excluding carboxylic acids is 2. The van der Waals surface area contributed by atoms with E-state index in [4.69, 9.17) is 0 Å². The molecule has 1 aromatic heterocycles.